The van der Waals surface area contributed by atoms with E-state index in [9.17, 15) is 4.79 Å². The normalized spacial score (nSPS) is 14.4. The average molecular weight is 205 g/mol. The minimum atomic E-state index is -0.360. The largest absolute Gasteiger partial charge is 0.344 e. The number of hydrogen-bond donors (Lipinski definition) is 1. The molecule has 0 atom stereocenters. The molecule has 1 N–H and O–H groups in total. The minimum absolute atomic E-state index is 0.0226. The second kappa shape index (κ2) is 4.11. The molecule has 1 aliphatic carbocycles. The molecular formula is C10H11N3O2. The van der Waals surface area contributed by atoms with Gasteiger partial charge in [-0.3, -0.25) is 4.79 Å². The van der Waals surface area contributed by atoms with E-state index in [0.717, 1.165) is 12.8 Å². The molecule has 0 saturated heterocycles. The highest BCUT2D eigenvalue weighted by atomic mass is 16.5. The Balaban J connectivity index is 1.95. The van der Waals surface area contributed by atoms with Crippen molar-refractivity contribution in [2.24, 2.45) is 0 Å². The smallest absolute Gasteiger partial charge is 0.315 e. The summed E-state index contributed by atoms with van der Waals surface area (Å²) in [5.41, 5.74) is 2.55. The first-order valence-corrected chi connectivity index (χ1v) is 4.77. The van der Waals surface area contributed by atoms with Gasteiger partial charge in [0.25, 0.3) is 0 Å². The van der Waals surface area contributed by atoms with Crippen LogP contribution in [0.2, 0.25) is 0 Å². The molecule has 1 amide bonds. The van der Waals surface area contributed by atoms with Crippen LogP contribution in [0.5, 0.6) is 0 Å². The van der Waals surface area contributed by atoms with E-state index in [-0.39, 0.29) is 11.8 Å². The third-order valence-electron chi connectivity index (χ3n) is 2.09. The van der Waals surface area contributed by atoms with Crippen molar-refractivity contribution in [2.45, 2.75) is 18.8 Å². The van der Waals surface area contributed by atoms with Crippen molar-refractivity contribution in [3.05, 3.63) is 30.1 Å². The van der Waals surface area contributed by atoms with Crippen molar-refractivity contribution < 1.29 is 9.32 Å². The van der Waals surface area contributed by atoms with Crippen molar-refractivity contribution in [1.29, 1.82) is 0 Å². The van der Waals surface area contributed by atoms with Gasteiger partial charge in [-0.2, -0.15) is 4.98 Å². The van der Waals surface area contributed by atoms with Crippen molar-refractivity contribution in [1.82, 2.24) is 15.5 Å². The number of amides is 1. The number of carbonyl (C=O) groups excluding carboxylic acids is 1. The molecule has 0 spiro atoms. The molecule has 1 aromatic heterocycles. The lowest BCUT2D eigenvalue weighted by Gasteiger charge is -1.94. The Hall–Kier alpha value is -1.87. The molecule has 78 valence electrons. The monoisotopic (exact) mass is 205 g/mol. The minimum Gasteiger partial charge on any atom is -0.344 e. The molecule has 2 rings (SSSR count). The molecule has 0 aromatic carbocycles. The molecule has 0 unspecified atom stereocenters. The number of aromatic nitrogens is 2. The number of nitrogens with one attached hydrogen (secondary N) is 1. The fraction of sp³-hybridized carbons (Fsp3) is 0.400. The zero-order valence-electron chi connectivity index (χ0n) is 8.19. The molecule has 1 aliphatic rings. The predicted octanol–water partition coefficient (Wildman–Crippen LogP) is 1.02. The first-order chi connectivity index (χ1) is 7.31. The molecule has 1 heterocycles. The maximum atomic E-state index is 11.4. The van der Waals surface area contributed by atoms with E-state index < -0.39 is 0 Å². The summed E-state index contributed by atoms with van der Waals surface area (Å²) >= 11 is 0. The second-order valence-electron chi connectivity index (χ2n) is 3.35. The Kier molecular flexibility index (Phi) is 2.65. The molecule has 1 saturated carbocycles. The van der Waals surface area contributed by atoms with E-state index in [4.69, 9.17) is 4.52 Å². The average Bonchev–Trinajstić information content (AvgIpc) is 2.97. The molecular weight excluding hydrogens is 194 g/mol. The van der Waals surface area contributed by atoms with Gasteiger partial charge in [-0.25, -0.2) is 0 Å². The van der Waals surface area contributed by atoms with Gasteiger partial charge in [0.2, 0.25) is 0 Å². The Morgan fingerprint density at radius 3 is 3.20 bits per heavy atom. The van der Waals surface area contributed by atoms with Gasteiger partial charge >= 0.3 is 11.8 Å². The standard InChI is InChI=1S/C10H11N3O2/c1-2-3-6-11-9(14)10-12-8(13-15-10)7-4-5-7/h3,7H,1,4-6H2,(H,11,14). The highest BCUT2D eigenvalue weighted by Gasteiger charge is 2.29. The third-order valence-corrected chi connectivity index (χ3v) is 2.09. The lowest BCUT2D eigenvalue weighted by molar-refractivity contribution is 0.0914. The zero-order chi connectivity index (χ0) is 10.7. The molecule has 5 nitrogen and oxygen atoms in total. The van der Waals surface area contributed by atoms with Gasteiger partial charge in [-0.15, -0.1) is 5.73 Å². The number of nitrogens with zero attached hydrogens (tertiary/aromatic N) is 2. The summed E-state index contributed by atoms with van der Waals surface area (Å²) in [7, 11) is 0. The van der Waals surface area contributed by atoms with Crippen LogP contribution in [0.4, 0.5) is 0 Å². The molecule has 1 fully saturated rings. The first-order valence-electron chi connectivity index (χ1n) is 4.77. The molecule has 5 heteroatoms. The maximum Gasteiger partial charge on any atom is 0.315 e. The molecule has 1 aromatic rings. The van der Waals surface area contributed by atoms with E-state index >= 15 is 0 Å². The summed E-state index contributed by atoms with van der Waals surface area (Å²) in [5.74, 6) is 0.693. The van der Waals surface area contributed by atoms with Gasteiger partial charge in [-0.05, 0) is 18.9 Å². The van der Waals surface area contributed by atoms with Gasteiger partial charge in [0.05, 0.1) is 0 Å². The van der Waals surface area contributed by atoms with E-state index in [0.29, 0.717) is 18.3 Å². The fourth-order valence-electron chi connectivity index (χ4n) is 1.13. The zero-order valence-corrected chi connectivity index (χ0v) is 8.19. The van der Waals surface area contributed by atoms with Crippen LogP contribution in [-0.4, -0.2) is 22.6 Å². The van der Waals surface area contributed by atoms with Gasteiger partial charge in [0.1, 0.15) is 0 Å². The van der Waals surface area contributed by atoms with Crippen molar-refractivity contribution in [3.8, 4) is 0 Å². The summed E-state index contributed by atoms with van der Waals surface area (Å²) < 4.78 is 4.84. The molecule has 15 heavy (non-hydrogen) atoms. The van der Waals surface area contributed by atoms with Gasteiger partial charge in [-0.1, -0.05) is 11.7 Å². The highest BCUT2D eigenvalue weighted by Crippen LogP contribution is 2.37. The summed E-state index contributed by atoms with van der Waals surface area (Å²) in [6.07, 6.45) is 3.77. The Morgan fingerprint density at radius 1 is 1.73 bits per heavy atom. The van der Waals surface area contributed by atoms with Crippen LogP contribution < -0.4 is 5.32 Å². The second-order valence-corrected chi connectivity index (χ2v) is 3.35. The molecule has 0 radical (unpaired) electrons. The number of rotatable bonds is 4. The Morgan fingerprint density at radius 2 is 2.53 bits per heavy atom. The summed E-state index contributed by atoms with van der Waals surface area (Å²) in [5, 5.41) is 6.32. The van der Waals surface area contributed by atoms with Crippen LogP contribution in [0.3, 0.4) is 0 Å². The lowest BCUT2D eigenvalue weighted by Crippen LogP contribution is -2.23. The topological polar surface area (TPSA) is 68.0 Å². The van der Waals surface area contributed by atoms with Crippen LogP contribution in [0, 0.1) is 0 Å². The Bertz CT molecular complexity index is 414. The molecule has 0 bridgehead atoms. The van der Waals surface area contributed by atoms with E-state index in [1.54, 1.807) is 6.08 Å². The summed E-state index contributed by atoms with van der Waals surface area (Å²) in [4.78, 5) is 15.4. The summed E-state index contributed by atoms with van der Waals surface area (Å²) in [6, 6.07) is 0. The summed E-state index contributed by atoms with van der Waals surface area (Å²) in [6.45, 7) is 3.75. The lowest BCUT2D eigenvalue weighted by atomic mass is 10.4. The quantitative estimate of drug-likeness (QED) is 0.745. The first kappa shape index (κ1) is 9.68. The number of hydrogen-bond acceptors (Lipinski definition) is 4. The number of carbonyl (C=O) groups is 1. The highest BCUT2D eigenvalue weighted by molar-refractivity contribution is 5.89. The maximum absolute atomic E-state index is 11.4. The van der Waals surface area contributed by atoms with Crippen LogP contribution in [0.25, 0.3) is 0 Å². The van der Waals surface area contributed by atoms with Gasteiger partial charge in [0, 0.05) is 12.5 Å². The van der Waals surface area contributed by atoms with Gasteiger partial charge < -0.3 is 9.84 Å². The van der Waals surface area contributed by atoms with Crippen LogP contribution >= 0.6 is 0 Å². The van der Waals surface area contributed by atoms with Crippen molar-refractivity contribution in [3.63, 3.8) is 0 Å². The predicted molar refractivity (Wildman–Crippen MR) is 52.3 cm³/mol. The SMILES string of the molecule is C=C=CCNC(=O)c1nc(C2CC2)no1. The van der Waals surface area contributed by atoms with E-state index in [2.05, 4.69) is 27.8 Å². The molecule has 0 aliphatic heterocycles. The van der Waals surface area contributed by atoms with Crippen LogP contribution in [0.15, 0.2) is 22.9 Å². The van der Waals surface area contributed by atoms with Crippen molar-refractivity contribution in [2.75, 3.05) is 6.54 Å². The Labute approximate surface area is 86.9 Å². The van der Waals surface area contributed by atoms with E-state index in [1.165, 1.54) is 0 Å². The third kappa shape index (κ3) is 2.33. The van der Waals surface area contributed by atoms with Crippen LogP contribution in [0.1, 0.15) is 35.3 Å². The van der Waals surface area contributed by atoms with Gasteiger partial charge in [0.15, 0.2) is 5.82 Å². The van der Waals surface area contributed by atoms with Crippen LogP contribution in [-0.2, 0) is 0 Å². The van der Waals surface area contributed by atoms with Crippen molar-refractivity contribution >= 4 is 5.91 Å². The fourth-order valence-corrected chi connectivity index (χ4v) is 1.13. The van der Waals surface area contributed by atoms with E-state index in [1.807, 2.05) is 0 Å².